The first-order valence-electron chi connectivity index (χ1n) is 6.95. The summed E-state index contributed by atoms with van der Waals surface area (Å²) >= 11 is 0. The maximum atomic E-state index is 12.2. The van der Waals surface area contributed by atoms with Gasteiger partial charge < -0.3 is 15.2 Å². The van der Waals surface area contributed by atoms with E-state index in [2.05, 4.69) is 31.0 Å². The van der Waals surface area contributed by atoms with Crippen molar-refractivity contribution in [3.05, 3.63) is 35.4 Å². The second-order valence-electron chi connectivity index (χ2n) is 5.63. The SMILES string of the molecule is COCCC(C)(C)CNC(=O)c1cccc(C#CCO)c1. The summed E-state index contributed by atoms with van der Waals surface area (Å²) < 4.78 is 5.07. The van der Waals surface area contributed by atoms with Gasteiger partial charge in [-0.25, -0.2) is 0 Å². The minimum Gasteiger partial charge on any atom is -0.385 e. The van der Waals surface area contributed by atoms with Gasteiger partial charge in [0.1, 0.15) is 6.61 Å². The molecule has 114 valence electrons. The molecule has 1 rings (SSSR count). The second kappa shape index (κ2) is 8.46. The lowest BCUT2D eigenvalue weighted by molar-refractivity contribution is 0.0921. The molecule has 0 aliphatic rings. The Hall–Kier alpha value is -1.83. The molecule has 0 aromatic heterocycles. The summed E-state index contributed by atoms with van der Waals surface area (Å²) in [5.74, 6) is 5.25. The Balaban J connectivity index is 2.63. The van der Waals surface area contributed by atoms with Crippen LogP contribution in [-0.2, 0) is 4.74 Å². The van der Waals surface area contributed by atoms with Crippen LogP contribution in [0.3, 0.4) is 0 Å². The highest BCUT2D eigenvalue weighted by molar-refractivity contribution is 5.94. The first kappa shape index (κ1) is 17.2. The Bertz CT molecular complexity index is 526. The number of benzene rings is 1. The van der Waals surface area contributed by atoms with Crippen molar-refractivity contribution >= 4 is 5.91 Å². The molecular formula is C17H23NO3. The van der Waals surface area contributed by atoms with Crippen molar-refractivity contribution in [1.82, 2.24) is 5.32 Å². The summed E-state index contributed by atoms with van der Waals surface area (Å²) in [6.45, 7) is 5.26. The number of hydrogen-bond donors (Lipinski definition) is 2. The van der Waals surface area contributed by atoms with Crippen LogP contribution in [0.5, 0.6) is 0 Å². The maximum absolute atomic E-state index is 12.2. The number of aliphatic hydroxyl groups excluding tert-OH is 1. The molecule has 0 spiro atoms. The van der Waals surface area contributed by atoms with Crippen LogP contribution in [0.15, 0.2) is 24.3 Å². The topological polar surface area (TPSA) is 58.6 Å². The zero-order valence-electron chi connectivity index (χ0n) is 12.9. The lowest BCUT2D eigenvalue weighted by atomic mass is 9.89. The molecular weight excluding hydrogens is 266 g/mol. The highest BCUT2D eigenvalue weighted by Crippen LogP contribution is 2.19. The Morgan fingerprint density at radius 2 is 2.19 bits per heavy atom. The predicted octanol–water partition coefficient (Wildman–Crippen LogP) is 1.82. The van der Waals surface area contributed by atoms with Gasteiger partial charge in [-0.15, -0.1) is 0 Å². The molecule has 1 amide bonds. The van der Waals surface area contributed by atoms with E-state index in [1.807, 2.05) is 6.07 Å². The molecule has 0 saturated heterocycles. The van der Waals surface area contributed by atoms with Crippen LogP contribution in [0.2, 0.25) is 0 Å². The van der Waals surface area contributed by atoms with Gasteiger partial charge in [0, 0.05) is 31.4 Å². The molecule has 0 unspecified atom stereocenters. The van der Waals surface area contributed by atoms with Crippen LogP contribution in [0.1, 0.15) is 36.2 Å². The molecule has 4 heteroatoms. The summed E-state index contributed by atoms with van der Waals surface area (Å²) in [4.78, 5) is 12.2. The van der Waals surface area contributed by atoms with Crippen molar-refractivity contribution in [2.45, 2.75) is 20.3 Å². The van der Waals surface area contributed by atoms with Gasteiger partial charge in [0.2, 0.25) is 0 Å². The number of carbonyl (C=O) groups excluding carboxylic acids is 1. The largest absolute Gasteiger partial charge is 0.385 e. The Labute approximate surface area is 126 Å². The third-order valence-electron chi connectivity index (χ3n) is 3.15. The van der Waals surface area contributed by atoms with Gasteiger partial charge in [-0.3, -0.25) is 4.79 Å². The third kappa shape index (κ3) is 6.44. The number of methoxy groups -OCH3 is 1. The van der Waals surface area contributed by atoms with Crippen molar-refractivity contribution in [2.24, 2.45) is 5.41 Å². The van der Waals surface area contributed by atoms with Gasteiger partial charge in [-0.2, -0.15) is 0 Å². The van der Waals surface area contributed by atoms with E-state index in [1.165, 1.54) is 0 Å². The fourth-order valence-corrected chi connectivity index (χ4v) is 1.77. The highest BCUT2D eigenvalue weighted by atomic mass is 16.5. The molecule has 0 bridgehead atoms. The van der Waals surface area contributed by atoms with Crippen molar-refractivity contribution in [3.63, 3.8) is 0 Å². The molecule has 0 radical (unpaired) electrons. The monoisotopic (exact) mass is 289 g/mol. The minimum atomic E-state index is -0.190. The number of nitrogens with one attached hydrogen (secondary N) is 1. The van der Waals surface area contributed by atoms with E-state index in [9.17, 15) is 4.79 Å². The molecule has 0 saturated carbocycles. The zero-order valence-corrected chi connectivity index (χ0v) is 12.9. The quantitative estimate of drug-likeness (QED) is 0.785. The van der Waals surface area contributed by atoms with Crippen LogP contribution in [-0.4, -0.2) is 37.9 Å². The van der Waals surface area contributed by atoms with E-state index in [-0.39, 0.29) is 17.9 Å². The third-order valence-corrected chi connectivity index (χ3v) is 3.15. The average molecular weight is 289 g/mol. The van der Waals surface area contributed by atoms with Gasteiger partial charge in [0.25, 0.3) is 5.91 Å². The molecule has 0 heterocycles. The number of amides is 1. The van der Waals surface area contributed by atoms with E-state index in [0.717, 1.165) is 12.0 Å². The summed E-state index contributed by atoms with van der Waals surface area (Å²) in [6, 6.07) is 7.07. The van der Waals surface area contributed by atoms with Crippen LogP contribution >= 0.6 is 0 Å². The van der Waals surface area contributed by atoms with Crippen LogP contribution in [0.25, 0.3) is 0 Å². The highest BCUT2D eigenvalue weighted by Gasteiger charge is 2.19. The molecule has 0 fully saturated rings. The van der Waals surface area contributed by atoms with E-state index in [1.54, 1.807) is 25.3 Å². The summed E-state index contributed by atoms with van der Waals surface area (Å²) in [6.07, 6.45) is 0.881. The van der Waals surface area contributed by atoms with Gasteiger partial charge in [0.05, 0.1) is 0 Å². The van der Waals surface area contributed by atoms with Gasteiger partial charge in [-0.05, 0) is 30.0 Å². The standard InChI is InChI=1S/C17H23NO3/c1-17(2,9-11-21-3)13-18-16(20)15-8-4-6-14(12-15)7-5-10-19/h4,6,8,12,19H,9-11,13H2,1-3H3,(H,18,20). The fraction of sp³-hybridized carbons (Fsp3) is 0.471. The Kier molecular flexibility index (Phi) is 6.93. The second-order valence-corrected chi connectivity index (χ2v) is 5.63. The van der Waals surface area contributed by atoms with Gasteiger partial charge in [-0.1, -0.05) is 31.8 Å². The van der Waals surface area contributed by atoms with Crippen molar-refractivity contribution in [2.75, 3.05) is 26.9 Å². The first-order valence-corrected chi connectivity index (χ1v) is 6.95. The number of rotatable bonds is 6. The normalized spacial score (nSPS) is 10.7. The predicted molar refractivity (Wildman–Crippen MR) is 83.0 cm³/mol. The Morgan fingerprint density at radius 1 is 1.43 bits per heavy atom. The average Bonchev–Trinajstić information content (AvgIpc) is 2.49. The van der Waals surface area contributed by atoms with Crippen molar-refractivity contribution in [3.8, 4) is 11.8 Å². The molecule has 1 aromatic rings. The van der Waals surface area contributed by atoms with Gasteiger partial charge >= 0.3 is 0 Å². The molecule has 21 heavy (non-hydrogen) atoms. The molecule has 0 atom stereocenters. The van der Waals surface area contributed by atoms with E-state index in [0.29, 0.717) is 18.7 Å². The number of carbonyl (C=O) groups is 1. The minimum absolute atomic E-state index is 0.0139. The van der Waals surface area contributed by atoms with E-state index in [4.69, 9.17) is 9.84 Å². The summed E-state index contributed by atoms with van der Waals surface area (Å²) in [7, 11) is 1.67. The number of hydrogen-bond acceptors (Lipinski definition) is 3. The number of aliphatic hydroxyl groups is 1. The lowest BCUT2D eigenvalue weighted by Crippen LogP contribution is -2.34. The van der Waals surface area contributed by atoms with Crippen LogP contribution < -0.4 is 5.32 Å². The van der Waals surface area contributed by atoms with Crippen molar-refractivity contribution < 1.29 is 14.6 Å². The molecule has 0 aliphatic carbocycles. The van der Waals surface area contributed by atoms with Crippen LogP contribution in [0.4, 0.5) is 0 Å². The van der Waals surface area contributed by atoms with Crippen molar-refractivity contribution in [1.29, 1.82) is 0 Å². The molecule has 0 aliphatic heterocycles. The molecule has 1 aromatic carbocycles. The smallest absolute Gasteiger partial charge is 0.251 e. The number of ether oxygens (including phenoxy) is 1. The molecule has 2 N–H and O–H groups in total. The Morgan fingerprint density at radius 3 is 2.86 bits per heavy atom. The van der Waals surface area contributed by atoms with Crippen LogP contribution in [0, 0.1) is 17.3 Å². The maximum Gasteiger partial charge on any atom is 0.251 e. The van der Waals surface area contributed by atoms with E-state index >= 15 is 0 Å². The van der Waals surface area contributed by atoms with E-state index < -0.39 is 0 Å². The first-order chi connectivity index (χ1) is 9.98. The van der Waals surface area contributed by atoms with Gasteiger partial charge in [0.15, 0.2) is 0 Å². The lowest BCUT2D eigenvalue weighted by Gasteiger charge is -2.24. The fourth-order valence-electron chi connectivity index (χ4n) is 1.77. The zero-order chi connectivity index (χ0) is 15.7. The summed E-state index contributed by atoms with van der Waals surface area (Å²) in [5, 5.41) is 11.6. The summed E-state index contributed by atoms with van der Waals surface area (Å²) in [5.41, 5.74) is 1.28. The molecule has 4 nitrogen and oxygen atoms in total.